The van der Waals surface area contributed by atoms with Gasteiger partial charge in [0.05, 0.1) is 0 Å². The van der Waals surface area contributed by atoms with Crippen LogP contribution >= 0.6 is 12.2 Å². The molecule has 1 saturated heterocycles. The Morgan fingerprint density at radius 3 is 2.92 bits per heavy atom. The number of H-pyrrole nitrogens is 1. The first-order chi connectivity index (χ1) is 12.1. The predicted molar refractivity (Wildman–Crippen MR) is 108 cm³/mol. The van der Waals surface area contributed by atoms with Crippen molar-refractivity contribution in [3.8, 4) is 0 Å². The van der Waals surface area contributed by atoms with Crippen LogP contribution < -0.4 is 5.32 Å². The van der Waals surface area contributed by atoms with E-state index in [1.54, 1.807) is 0 Å². The van der Waals surface area contributed by atoms with E-state index in [2.05, 4.69) is 65.4 Å². The summed E-state index contributed by atoms with van der Waals surface area (Å²) in [5, 5.41) is 6.01. The maximum Gasteiger partial charge on any atom is 0.169 e. The number of thiocarbonyl (C=S) groups is 1. The molecule has 1 aromatic carbocycles. The lowest BCUT2D eigenvalue weighted by molar-refractivity contribution is 0.133. The maximum atomic E-state index is 5.64. The van der Waals surface area contributed by atoms with Crippen LogP contribution in [0.4, 0.5) is 0 Å². The molecule has 0 radical (unpaired) electrons. The van der Waals surface area contributed by atoms with Gasteiger partial charge in [0.2, 0.25) is 0 Å². The minimum Gasteiger partial charge on any atom is -0.361 e. The van der Waals surface area contributed by atoms with Crippen LogP contribution in [-0.4, -0.2) is 58.7 Å². The van der Waals surface area contributed by atoms with Gasteiger partial charge >= 0.3 is 0 Å². The van der Waals surface area contributed by atoms with Crippen LogP contribution in [0, 0.1) is 0 Å². The average Bonchev–Trinajstić information content (AvgIpc) is 3.02. The molecule has 0 bridgehead atoms. The van der Waals surface area contributed by atoms with Gasteiger partial charge in [-0.1, -0.05) is 12.1 Å². The van der Waals surface area contributed by atoms with Crippen molar-refractivity contribution in [2.24, 2.45) is 0 Å². The summed E-state index contributed by atoms with van der Waals surface area (Å²) in [5.74, 6) is 0.572. The summed E-state index contributed by atoms with van der Waals surface area (Å²) in [5.41, 5.74) is 4.27. The minimum absolute atomic E-state index is 0.412. The fourth-order valence-electron chi connectivity index (χ4n) is 4.82. The molecule has 25 heavy (non-hydrogen) atoms. The van der Waals surface area contributed by atoms with Crippen molar-refractivity contribution in [2.45, 2.75) is 44.7 Å². The third kappa shape index (κ3) is 2.83. The van der Waals surface area contributed by atoms with Gasteiger partial charge in [0.25, 0.3) is 0 Å². The van der Waals surface area contributed by atoms with E-state index in [4.69, 9.17) is 12.2 Å². The Balaban J connectivity index is 1.60. The summed E-state index contributed by atoms with van der Waals surface area (Å²) in [7, 11) is 2.27. The summed E-state index contributed by atoms with van der Waals surface area (Å²) in [4.78, 5) is 8.22. The largest absolute Gasteiger partial charge is 0.361 e. The van der Waals surface area contributed by atoms with E-state index in [1.165, 1.54) is 22.0 Å². The Labute approximate surface area is 155 Å². The van der Waals surface area contributed by atoms with E-state index < -0.39 is 0 Å². The van der Waals surface area contributed by atoms with Crippen LogP contribution in [0.2, 0.25) is 0 Å². The van der Waals surface area contributed by atoms with Gasteiger partial charge in [0.1, 0.15) is 0 Å². The first-order valence-electron chi connectivity index (χ1n) is 9.46. The number of nitrogens with zero attached hydrogens (tertiary/aromatic N) is 2. The SMILES string of the molecule is CCN(CC)C(=S)N[C@H]1C[C@@H]2c3cccc4[nH]cc(c34)C[C@H]2N(C)C1. The highest BCUT2D eigenvalue weighted by Gasteiger charge is 2.39. The molecule has 4 nitrogen and oxygen atoms in total. The number of benzene rings is 1. The highest BCUT2D eigenvalue weighted by atomic mass is 32.1. The van der Waals surface area contributed by atoms with Crippen molar-refractivity contribution in [3.63, 3.8) is 0 Å². The smallest absolute Gasteiger partial charge is 0.169 e. The van der Waals surface area contributed by atoms with Crippen molar-refractivity contribution in [1.82, 2.24) is 20.1 Å². The molecule has 134 valence electrons. The summed E-state index contributed by atoms with van der Waals surface area (Å²) in [6.07, 6.45) is 4.50. The highest BCUT2D eigenvalue weighted by Crippen LogP contribution is 2.42. The number of likely N-dealkylation sites (N-methyl/N-ethyl adjacent to an activating group) is 1. The molecule has 5 heteroatoms. The van der Waals surface area contributed by atoms with Gasteiger partial charge in [-0.2, -0.15) is 0 Å². The third-order valence-corrected chi connectivity index (χ3v) is 6.48. The number of piperidine rings is 1. The van der Waals surface area contributed by atoms with E-state index in [0.29, 0.717) is 18.0 Å². The van der Waals surface area contributed by atoms with E-state index in [0.717, 1.165) is 37.6 Å². The molecular weight excluding hydrogens is 328 g/mol. The van der Waals surface area contributed by atoms with Gasteiger partial charge in [-0.15, -0.1) is 0 Å². The minimum atomic E-state index is 0.412. The van der Waals surface area contributed by atoms with Gasteiger partial charge in [0, 0.05) is 54.7 Å². The van der Waals surface area contributed by atoms with Crippen LogP contribution in [0.1, 0.15) is 37.3 Å². The van der Waals surface area contributed by atoms with Crippen molar-refractivity contribution in [2.75, 3.05) is 26.7 Å². The summed E-state index contributed by atoms with van der Waals surface area (Å²) in [6, 6.07) is 7.72. The Bertz CT molecular complexity index is 779. The first kappa shape index (κ1) is 16.9. The molecule has 2 heterocycles. The molecule has 0 saturated carbocycles. The van der Waals surface area contributed by atoms with E-state index in [-0.39, 0.29) is 0 Å². The second kappa shape index (κ2) is 6.61. The molecular formula is C20H28N4S. The summed E-state index contributed by atoms with van der Waals surface area (Å²) >= 11 is 5.64. The molecule has 0 spiro atoms. The Hall–Kier alpha value is -1.59. The molecule has 1 fully saturated rings. The van der Waals surface area contributed by atoms with Crippen LogP contribution in [0.15, 0.2) is 24.4 Å². The van der Waals surface area contributed by atoms with Gasteiger partial charge in [-0.05, 0) is 63.1 Å². The van der Waals surface area contributed by atoms with Crippen molar-refractivity contribution in [3.05, 3.63) is 35.5 Å². The normalized spacial score (nSPS) is 25.6. The van der Waals surface area contributed by atoms with Crippen molar-refractivity contribution < 1.29 is 0 Å². The third-order valence-electron chi connectivity index (χ3n) is 6.10. The second-order valence-electron chi connectivity index (χ2n) is 7.46. The van der Waals surface area contributed by atoms with E-state index >= 15 is 0 Å². The van der Waals surface area contributed by atoms with E-state index in [1.807, 2.05) is 0 Å². The van der Waals surface area contributed by atoms with Gasteiger partial charge < -0.3 is 20.1 Å². The molecule has 1 aliphatic heterocycles. The standard InChI is InChI=1S/C20H28N4S/c1-4-24(5-2)20(25)22-14-10-16-15-7-6-8-17-19(15)13(11-21-17)9-18(16)23(3)12-14/h6-8,11,14,16,18,21H,4-5,9-10,12H2,1-3H3,(H,22,25)/t14-,16+,18+/m0/s1. The summed E-state index contributed by atoms with van der Waals surface area (Å²) in [6.45, 7) is 7.30. The number of fused-ring (bicyclic) bond motifs is 2. The Morgan fingerprint density at radius 1 is 1.36 bits per heavy atom. The summed E-state index contributed by atoms with van der Waals surface area (Å²) < 4.78 is 0. The van der Waals surface area contributed by atoms with Crippen LogP contribution in [0.5, 0.6) is 0 Å². The molecule has 0 amide bonds. The molecule has 2 aliphatic rings. The predicted octanol–water partition coefficient (Wildman–Crippen LogP) is 3.10. The monoisotopic (exact) mass is 356 g/mol. The second-order valence-corrected chi connectivity index (χ2v) is 7.84. The number of rotatable bonds is 3. The number of aromatic nitrogens is 1. The van der Waals surface area contributed by atoms with Crippen molar-refractivity contribution >= 4 is 28.2 Å². The molecule has 2 N–H and O–H groups in total. The highest BCUT2D eigenvalue weighted by molar-refractivity contribution is 7.80. The zero-order chi connectivity index (χ0) is 17.6. The fraction of sp³-hybridized carbons (Fsp3) is 0.550. The number of aromatic amines is 1. The van der Waals surface area contributed by atoms with Gasteiger partial charge in [0.15, 0.2) is 5.11 Å². The van der Waals surface area contributed by atoms with Crippen LogP contribution in [-0.2, 0) is 6.42 Å². The fourth-order valence-corrected chi connectivity index (χ4v) is 5.25. The van der Waals surface area contributed by atoms with Crippen LogP contribution in [0.3, 0.4) is 0 Å². The van der Waals surface area contributed by atoms with Gasteiger partial charge in [-0.3, -0.25) is 0 Å². The zero-order valence-electron chi connectivity index (χ0n) is 15.4. The lowest BCUT2D eigenvalue weighted by Gasteiger charge is -2.46. The molecule has 4 rings (SSSR count). The lowest BCUT2D eigenvalue weighted by atomic mass is 9.74. The maximum absolute atomic E-state index is 5.64. The Morgan fingerprint density at radius 2 is 2.16 bits per heavy atom. The zero-order valence-corrected chi connectivity index (χ0v) is 16.2. The lowest BCUT2D eigenvalue weighted by Crippen LogP contribution is -2.56. The molecule has 2 aromatic rings. The number of likely N-dealkylation sites (tertiary alicyclic amines) is 1. The quantitative estimate of drug-likeness (QED) is 0.828. The number of hydrogen-bond acceptors (Lipinski definition) is 2. The number of nitrogens with one attached hydrogen (secondary N) is 2. The molecule has 3 atom stereocenters. The Kier molecular flexibility index (Phi) is 4.46. The van der Waals surface area contributed by atoms with E-state index in [9.17, 15) is 0 Å². The first-order valence-corrected chi connectivity index (χ1v) is 9.87. The topological polar surface area (TPSA) is 34.3 Å². The average molecular weight is 357 g/mol. The van der Waals surface area contributed by atoms with Gasteiger partial charge in [-0.25, -0.2) is 0 Å². The molecule has 0 unspecified atom stereocenters. The van der Waals surface area contributed by atoms with Crippen LogP contribution in [0.25, 0.3) is 10.9 Å². The molecule has 1 aliphatic carbocycles. The number of hydrogen-bond donors (Lipinski definition) is 2. The molecule has 1 aromatic heterocycles. The van der Waals surface area contributed by atoms with Crippen molar-refractivity contribution in [1.29, 1.82) is 0 Å².